The number of hydrogen-bond acceptors (Lipinski definition) is 5. The molecule has 0 aliphatic carbocycles. The van der Waals surface area contributed by atoms with Gasteiger partial charge in [0.2, 0.25) is 0 Å². The number of benzene rings is 2. The highest BCUT2D eigenvalue weighted by Gasteiger charge is 2.15. The maximum absolute atomic E-state index is 5.94. The van der Waals surface area contributed by atoms with Gasteiger partial charge in [-0.1, -0.05) is 30.3 Å². The van der Waals surface area contributed by atoms with Gasteiger partial charge < -0.3 is 24.7 Å². The molecule has 1 atom stereocenters. The van der Waals surface area contributed by atoms with E-state index >= 15 is 0 Å². The van der Waals surface area contributed by atoms with Crippen LogP contribution in [-0.2, 0) is 18.3 Å². The number of aliphatic imine (C=N–C) groups is 1. The van der Waals surface area contributed by atoms with Gasteiger partial charge in [-0.3, -0.25) is 0 Å². The minimum atomic E-state index is 0.246. The van der Waals surface area contributed by atoms with Crippen molar-refractivity contribution in [3.63, 3.8) is 0 Å². The predicted molar refractivity (Wildman–Crippen MR) is 126 cm³/mol. The lowest BCUT2D eigenvalue weighted by Gasteiger charge is -2.16. The molecule has 0 spiro atoms. The summed E-state index contributed by atoms with van der Waals surface area (Å²) in [6, 6.07) is 14.5. The topological polar surface area (TPSA) is 85.6 Å². The van der Waals surface area contributed by atoms with Gasteiger partial charge in [-0.2, -0.15) is 0 Å². The highest BCUT2D eigenvalue weighted by Crippen LogP contribution is 2.20. The van der Waals surface area contributed by atoms with Gasteiger partial charge in [0.05, 0.1) is 12.7 Å². The molecule has 32 heavy (non-hydrogen) atoms. The number of guanidine groups is 1. The van der Waals surface area contributed by atoms with E-state index < -0.39 is 0 Å². The van der Waals surface area contributed by atoms with Crippen molar-refractivity contribution in [3.8, 4) is 5.75 Å². The smallest absolute Gasteiger partial charge is 0.191 e. The second-order valence-corrected chi connectivity index (χ2v) is 8.04. The first-order chi connectivity index (χ1) is 15.7. The lowest BCUT2D eigenvalue weighted by Crippen LogP contribution is -2.41. The van der Waals surface area contributed by atoms with Crippen LogP contribution in [0, 0.1) is 6.92 Å². The molecule has 1 unspecified atom stereocenters. The zero-order valence-electron chi connectivity index (χ0n) is 18.9. The van der Waals surface area contributed by atoms with Crippen molar-refractivity contribution in [2.45, 2.75) is 38.8 Å². The van der Waals surface area contributed by atoms with Crippen LogP contribution in [0.2, 0.25) is 0 Å². The van der Waals surface area contributed by atoms with Crippen LogP contribution >= 0.6 is 0 Å². The standard InChI is InChI=1S/C24H32N6O2/c1-18-28-29-23(30(18)2)17-27-24(26-16-22-9-5-13-32-22)25-12-6-14-31-21-11-10-19-7-3-4-8-20(19)15-21/h3-4,7-8,10-11,15,22H,5-6,9,12-14,16-17H2,1-2H3,(H2,25,26,27). The summed E-state index contributed by atoms with van der Waals surface area (Å²) in [5.41, 5.74) is 0. The number of ether oxygens (including phenoxy) is 2. The van der Waals surface area contributed by atoms with E-state index in [1.807, 2.05) is 36.7 Å². The largest absolute Gasteiger partial charge is 0.494 e. The summed E-state index contributed by atoms with van der Waals surface area (Å²) in [6.45, 7) is 5.37. The maximum atomic E-state index is 5.94. The molecule has 8 heteroatoms. The number of rotatable bonds is 9. The monoisotopic (exact) mass is 436 g/mol. The van der Waals surface area contributed by atoms with Gasteiger partial charge in [0.25, 0.3) is 0 Å². The van der Waals surface area contributed by atoms with Gasteiger partial charge in [-0.15, -0.1) is 10.2 Å². The van der Waals surface area contributed by atoms with Gasteiger partial charge in [0.15, 0.2) is 11.8 Å². The molecule has 170 valence electrons. The van der Waals surface area contributed by atoms with Gasteiger partial charge in [0, 0.05) is 26.7 Å². The third-order valence-corrected chi connectivity index (χ3v) is 5.69. The summed E-state index contributed by atoms with van der Waals surface area (Å²) >= 11 is 0. The van der Waals surface area contributed by atoms with Crippen molar-refractivity contribution in [2.24, 2.45) is 12.0 Å². The maximum Gasteiger partial charge on any atom is 0.191 e. The molecular weight excluding hydrogens is 404 g/mol. The van der Waals surface area contributed by atoms with Gasteiger partial charge in [-0.25, -0.2) is 4.99 Å². The van der Waals surface area contributed by atoms with Crippen LogP contribution in [0.4, 0.5) is 0 Å². The molecule has 2 heterocycles. The molecule has 0 saturated carbocycles. The average Bonchev–Trinajstić information content (AvgIpc) is 3.45. The van der Waals surface area contributed by atoms with E-state index in [4.69, 9.17) is 14.5 Å². The second kappa shape index (κ2) is 10.9. The van der Waals surface area contributed by atoms with Crippen molar-refractivity contribution in [3.05, 3.63) is 54.1 Å². The predicted octanol–water partition coefficient (Wildman–Crippen LogP) is 2.96. The van der Waals surface area contributed by atoms with Crippen LogP contribution in [0.15, 0.2) is 47.5 Å². The van der Waals surface area contributed by atoms with E-state index in [0.29, 0.717) is 13.2 Å². The number of nitrogens with zero attached hydrogens (tertiary/aromatic N) is 4. The molecule has 0 radical (unpaired) electrons. The molecule has 0 bridgehead atoms. The van der Waals surface area contributed by atoms with Crippen molar-refractivity contribution in [1.29, 1.82) is 0 Å². The normalized spacial score (nSPS) is 16.4. The Kier molecular flexibility index (Phi) is 7.55. The Morgan fingerprint density at radius 3 is 2.84 bits per heavy atom. The van der Waals surface area contributed by atoms with Crippen LogP contribution in [0.25, 0.3) is 10.8 Å². The zero-order valence-corrected chi connectivity index (χ0v) is 18.9. The molecule has 2 N–H and O–H groups in total. The van der Waals surface area contributed by atoms with Crippen LogP contribution in [0.1, 0.15) is 30.9 Å². The number of fused-ring (bicyclic) bond motifs is 1. The van der Waals surface area contributed by atoms with Crippen molar-refractivity contribution in [2.75, 3.05) is 26.3 Å². The Bertz CT molecular complexity index is 1040. The third kappa shape index (κ3) is 5.97. The van der Waals surface area contributed by atoms with Crippen LogP contribution in [0.3, 0.4) is 0 Å². The quantitative estimate of drug-likeness (QED) is 0.305. The number of aromatic nitrogens is 3. The fraction of sp³-hybridized carbons (Fsp3) is 0.458. The Morgan fingerprint density at radius 1 is 1.19 bits per heavy atom. The highest BCUT2D eigenvalue weighted by molar-refractivity contribution is 5.83. The van der Waals surface area contributed by atoms with E-state index in [-0.39, 0.29) is 6.10 Å². The summed E-state index contributed by atoms with van der Waals surface area (Å²) in [7, 11) is 1.96. The third-order valence-electron chi connectivity index (χ3n) is 5.69. The van der Waals surface area contributed by atoms with Crippen molar-refractivity contribution < 1.29 is 9.47 Å². The molecular formula is C24H32N6O2. The Labute approximate surface area is 189 Å². The molecule has 3 aromatic rings. The highest BCUT2D eigenvalue weighted by atomic mass is 16.5. The van der Waals surface area contributed by atoms with E-state index in [2.05, 4.69) is 45.1 Å². The Hall–Kier alpha value is -3.13. The van der Waals surface area contributed by atoms with Gasteiger partial charge in [-0.05, 0) is 49.1 Å². The summed E-state index contributed by atoms with van der Waals surface area (Å²) in [4.78, 5) is 4.69. The van der Waals surface area contributed by atoms with Crippen molar-refractivity contribution in [1.82, 2.24) is 25.4 Å². The molecule has 1 aromatic heterocycles. The van der Waals surface area contributed by atoms with E-state index in [0.717, 1.165) is 62.3 Å². The molecule has 1 fully saturated rings. The first kappa shape index (κ1) is 22.1. The van der Waals surface area contributed by atoms with Crippen LogP contribution in [-0.4, -0.2) is 53.1 Å². The fourth-order valence-corrected chi connectivity index (χ4v) is 3.65. The summed E-state index contributed by atoms with van der Waals surface area (Å²) in [6.07, 6.45) is 3.31. The van der Waals surface area contributed by atoms with E-state index in [1.54, 1.807) is 0 Å². The number of hydrogen-bond donors (Lipinski definition) is 2. The molecule has 1 aliphatic rings. The van der Waals surface area contributed by atoms with Crippen LogP contribution < -0.4 is 15.4 Å². The Morgan fingerprint density at radius 2 is 2.06 bits per heavy atom. The molecule has 4 rings (SSSR count). The minimum Gasteiger partial charge on any atom is -0.494 e. The summed E-state index contributed by atoms with van der Waals surface area (Å²) in [5.74, 6) is 3.36. The second-order valence-electron chi connectivity index (χ2n) is 8.04. The lowest BCUT2D eigenvalue weighted by molar-refractivity contribution is 0.113. The minimum absolute atomic E-state index is 0.246. The molecule has 2 aromatic carbocycles. The summed E-state index contributed by atoms with van der Waals surface area (Å²) in [5, 5.41) is 17.5. The lowest BCUT2D eigenvalue weighted by atomic mass is 10.1. The number of nitrogens with one attached hydrogen (secondary N) is 2. The fourth-order valence-electron chi connectivity index (χ4n) is 3.65. The van der Waals surface area contributed by atoms with Crippen molar-refractivity contribution >= 4 is 16.7 Å². The average molecular weight is 437 g/mol. The van der Waals surface area contributed by atoms with E-state index in [9.17, 15) is 0 Å². The zero-order chi connectivity index (χ0) is 22.2. The SMILES string of the molecule is Cc1nnc(CN=C(NCCCOc2ccc3ccccc3c2)NCC2CCCO2)n1C. The van der Waals surface area contributed by atoms with Gasteiger partial charge >= 0.3 is 0 Å². The first-order valence-electron chi connectivity index (χ1n) is 11.3. The molecule has 1 saturated heterocycles. The Balaban J connectivity index is 1.26. The van der Waals surface area contributed by atoms with E-state index in [1.165, 1.54) is 10.8 Å². The molecule has 0 amide bonds. The molecule has 1 aliphatic heterocycles. The van der Waals surface area contributed by atoms with Crippen LogP contribution in [0.5, 0.6) is 5.75 Å². The van der Waals surface area contributed by atoms with Gasteiger partial charge in [0.1, 0.15) is 18.1 Å². The summed E-state index contributed by atoms with van der Waals surface area (Å²) < 4.78 is 13.6. The molecule has 8 nitrogen and oxygen atoms in total. The number of aryl methyl sites for hydroxylation is 1. The first-order valence-corrected chi connectivity index (χ1v) is 11.3.